The Kier molecular flexibility index (Phi) is 5.97. The van der Waals surface area contributed by atoms with Crippen LogP contribution in [0.4, 0.5) is 0 Å². The monoisotopic (exact) mass is 265 g/mol. The van der Waals surface area contributed by atoms with Crippen molar-refractivity contribution in [1.29, 1.82) is 0 Å². The Hall–Kier alpha value is -1.10. The van der Waals surface area contributed by atoms with Gasteiger partial charge in [0.2, 0.25) is 0 Å². The average molecular weight is 265 g/mol. The Labute approximate surface area is 111 Å². The molecule has 0 spiro atoms. The van der Waals surface area contributed by atoms with Crippen LogP contribution in [0.5, 0.6) is 0 Å². The van der Waals surface area contributed by atoms with Crippen molar-refractivity contribution in [2.75, 3.05) is 14.1 Å². The van der Waals surface area contributed by atoms with E-state index in [2.05, 4.69) is 17.9 Å². The van der Waals surface area contributed by atoms with Crippen molar-refractivity contribution < 1.29 is 4.79 Å². The molecule has 0 bridgehead atoms. The molecule has 0 radical (unpaired) electrons. The predicted molar refractivity (Wildman–Crippen MR) is 77.4 cm³/mol. The number of benzene rings is 1. The topological polar surface area (TPSA) is 29.1 Å². The molecule has 4 heteroatoms. The average Bonchev–Trinajstić information content (AvgIpc) is 2.77. The normalized spacial score (nSPS) is 9.35. The van der Waals surface area contributed by atoms with E-state index >= 15 is 0 Å². The molecule has 2 rings (SSSR count). The highest BCUT2D eigenvalue weighted by Crippen LogP contribution is 2.29. The fourth-order valence-corrected chi connectivity index (χ4v) is 2.33. The van der Waals surface area contributed by atoms with Crippen LogP contribution in [-0.4, -0.2) is 20.4 Å². The third-order valence-electron chi connectivity index (χ3n) is 1.92. The summed E-state index contributed by atoms with van der Waals surface area (Å²) in [6, 6.07) is 11.5. The molecule has 0 aliphatic rings. The predicted octanol–water partition coefficient (Wildman–Crippen LogP) is 3.35. The Morgan fingerprint density at radius 2 is 1.71 bits per heavy atom. The third kappa shape index (κ3) is 4.34. The molecule has 0 aliphatic heterocycles. The van der Waals surface area contributed by atoms with Crippen molar-refractivity contribution in [2.45, 2.75) is 4.21 Å². The molecular weight excluding hydrogens is 250 g/mol. The van der Waals surface area contributed by atoms with E-state index in [1.165, 1.54) is 4.88 Å². The quantitative estimate of drug-likeness (QED) is 0.644. The highest BCUT2D eigenvalue weighted by molar-refractivity contribution is 7.83. The van der Waals surface area contributed by atoms with Gasteiger partial charge in [0.25, 0.3) is 0 Å². The smallest absolute Gasteiger partial charge is 0.150 e. The van der Waals surface area contributed by atoms with Crippen LogP contribution in [0.25, 0.3) is 10.4 Å². The summed E-state index contributed by atoms with van der Waals surface area (Å²) in [4.78, 5) is 11.6. The molecule has 0 saturated carbocycles. The van der Waals surface area contributed by atoms with Gasteiger partial charge in [-0.05, 0) is 31.8 Å². The lowest BCUT2D eigenvalue weighted by atomic mass is 10.1. The maximum absolute atomic E-state index is 10.4. The van der Waals surface area contributed by atoms with E-state index in [0.29, 0.717) is 5.56 Å². The van der Waals surface area contributed by atoms with Crippen LogP contribution in [0.3, 0.4) is 0 Å². The van der Waals surface area contributed by atoms with Crippen LogP contribution in [-0.2, 0) is 0 Å². The molecule has 0 amide bonds. The zero-order valence-electron chi connectivity index (χ0n) is 9.81. The van der Waals surface area contributed by atoms with Crippen molar-refractivity contribution in [3.8, 4) is 10.4 Å². The van der Waals surface area contributed by atoms with E-state index in [1.54, 1.807) is 11.3 Å². The largest absolute Gasteiger partial charge is 0.323 e. The lowest BCUT2D eigenvalue weighted by Crippen LogP contribution is -1.89. The lowest BCUT2D eigenvalue weighted by Gasteiger charge is -1.96. The Morgan fingerprint density at radius 3 is 2.12 bits per heavy atom. The van der Waals surface area contributed by atoms with Gasteiger partial charge in [-0.25, -0.2) is 0 Å². The van der Waals surface area contributed by atoms with Crippen molar-refractivity contribution in [3.63, 3.8) is 0 Å². The first-order chi connectivity index (χ1) is 8.21. The molecule has 2 nitrogen and oxygen atoms in total. The first-order valence-electron chi connectivity index (χ1n) is 5.14. The van der Waals surface area contributed by atoms with Gasteiger partial charge in [0.05, 0.1) is 4.21 Å². The fourth-order valence-electron chi connectivity index (χ4n) is 1.21. The number of thiol groups is 1. The van der Waals surface area contributed by atoms with Crippen LogP contribution in [0.15, 0.2) is 40.6 Å². The fraction of sp³-hybridized carbons (Fsp3) is 0.154. The van der Waals surface area contributed by atoms with E-state index in [4.69, 9.17) is 0 Å². The maximum Gasteiger partial charge on any atom is 0.150 e. The summed E-state index contributed by atoms with van der Waals surface area (Å²) in [7, 11) is 3.75. The van der Waals surface area contributed by atoms with Gasteiger partial charge in [-0.3, -0.25) is 4.79 Å². The zero-order valence-corrected chi connectivity index (χ0v) is 11.5. The van der Waals surface area contributed by atoms with Crippen molar-refractivity contribution >= 4 is 30.3 Å². The number of carbonyl (C=O) groups excluding carboxylic acids is 1. The summed E-state index contributed by atoms with van der Waals surface area (Å²) >= 11 is 5.89. The van der Waals surface area contributed by atoms with Crippen LogP contribution >= 0.6 is 24.0 Å². The Morgan fingerprint density at radius 1 is 1.12 bits per heavy atom. The van der Waals surface area contributed by atoms with Gasteiger partial charge in [0.15, 0.2) is 0 Å². The van der Waals surface area contributed by atoms with Gasteiger partial charge in [-0.1, -0.05) is 24.3 Å². The first kappa shape index (κ1) is 14.0. The lowest BCUT2D eigenvalue weighted by molar-refractivity contribution is 0.112. The van der Waals surface area contributed by atoms with Crippen molar-refractivity contribution in [1.82, 2.24) is 5.32 Å². The van der Waals surface area contributed by atoms with E-state index < -0.39 is 0 Å². The molecule has 1 N–H and O–H groups in total. The van der Waals surface area contributed by atoms with Gasteiger partial charge in [0, 0.05) is 10.4 Å². The number of nitrogens with one attached hydrogen (secondary N) is 1. The molecule has 0 unspecified atom stereocenters. The molecule has 0 atom stereocenters. The van der Waals surface area contributed by atoms with Crippen molar-refractivity contribution in [3.05, 3.63) is 42.0 Å². The molecular formula is C13H15NOS2. The second-order valence-electron chi connectivity index (χ2n) is 3.38. The van der Waals surface area contributed by atoms with Gasteiger partial charge < -0.3 is 5.32 Å². The van der Waals surface area contributed by atoms with Crippen molar-refractivity contribution in [2.24, 2.45) is 0 Å². The molecule has 90 valence electrons. The third-order valence-corrected chi connectivity index (χ3v) is 3.28. The first-order valence-corrected chi connectivity index (χ1v) is 6.40. The Balaban J connectivity index is 0.000000437. The highest BCUT2D eigenvalue weighted by Gasteiger charge is 2.00. The summed E-state index contributed by atoms with van der Waals surface area (Å²) in [6.07, 6.45) is 0.849. The minimum atomic E-state index is 0.705. The number of carbonyl (C=O) groups is 1. The summed E-state index contributed by atoms with van der Waals surface area (Å²) in [5, 5.41) is 2.75. The SMILES string of the molecule is CNC.O=Cc1ccc(-c2ccc(S)s2)cc1. The molecule has 0 fully saturated rings. The highest BCUT2D eigenvalue weighted by atomic mass is 32.2. The molecule has 2 aromatic rings. The van der Waals surface area contributed by atoms with E-state index in [9.17, 15) is 4.79 Å². The molecule has 0 aliphatic carbocycles. The van der Waals surface area contributed by atoms with Crippen LogP contribution < -0.4 is 5.32 Å². The summed E-state index contributed by atoms with van der Waals surface area (Å²) in [5.74, 6) is 0. The molecule has 17 heavy (non-hydrogen) atoms. The molecule has 0 saturated heterocycles. The standard InChI is InChI=1S/C11H8OS2.C2H7N/c12-7-8-1-3-9(4-2-8)10-5-6-11(13)14-10;1-3-2/h1-7,13H;3H,1-2H3. The minimum absolute atomic E-state index is 0.705. The number of hydrogen-bond donors (Lipinski definition) is 2. The van der Waals surface area contributed by atoms with Gasteiger partial charge in [-0.2, -0.15) is 0 Å². The number of aldehydes is 1. The minimum Gasteiger partial charge on any atom is -0.323 e. The Bertz CT molecular complexity index is 463. The second-order valence-corrected chi connectivity index (χ2v) is 5.25. The van der Waals surface area contributed by atoms with E-state index in [1.807, 2.05) is 50.5 Å². The second kappa shape index (κ2) is 7.27. The van der Waals surface area contributed by atoms with Gasteiger partial charge in [-0.15, -0.1) is 24.0 Å². The van der Waals surface area contributed by atoms with Crippen LogP contribution in [0.2, 0.25) is 0 Å². The molecule has 1 aromatic heterocycles. The summed E-state index contributed by atoms with van der Waals surface area (Å²) in [6.45, 7) is 0. The molecule has 1 heterocycles. The number of rotatable bonds is 2. The van der Waals surface area contributed by atoms with Crippen LogP contribution in [0.1, 0.15) is 10.4 Å². The van der Waals surface area contributed by atoms with Crippen LogP contribution in [0, 0.1) is 0 Å². The number of hydrogen-bond acceptors (Lipinski definition) is 4. The van der Waals surface area contributed by atoms with Gasteiger partial charge >= 0.3 is 0 Å². The zero-order chi connectivity index (χ0) is 12.7. The van der Waals surface area contributed by atoms with Gasteiger partial charge in [0.1, 0.15) is 6.29 Å². The molecule has 1 aromatic carbocycles. The summed E-state index contributed by atoms with van der Waals surface area (Å²) < 4.78 is 1.000. The van der Waals surface area contributed by atoms with E-state index in [-0.39, 0.29) is 0 Å². The summed E-state index contributed by atoms with van der Waals surface area (Å²) in [5.41, 5.74) is 1.83. The van der Waals surface area contributed by atoms with E-state index in [0.717, 1.165) is 16.1 Å². The number of thiophene rings is 1. The maximum atomic E-state index is 10.4.